The molecule has 2 unspecified atom stereocenters. The maximum absolute atomic E-state index is 12.5. The van der Waals surface area contributed by atoms with Gasteiger partial charge in [-0.15, -0.1) is 0 Å². The minimum absolute atomic E-state index is 0.0770. The van der Waals surface area contributed by atoms with E-state index in [1.807, 2.05) is 27.7 Å². The molecule has 0 aliphatic heterocycles. The highest BCUT2D eigenvalue weighted by Gasteiger charge is 2.44. The van der Waals surface area contributed by atoms with Crippen molar-refractivity contribution in [3.63, 3.8) is 0 Å². The molecule has 7 heteroatoms. The predicted molar refractivity (Wildman–Crippen MR) is 88.7 cm³/mol. The number of esters is 2. The summed E-state index contributed by atoms with van der Waals surface area (Å²) in [6.07, 6.45) is 0.752. The number of Topliss-reactive ketones (excluding diaryl/α,β-unsaturated/α-hetero) is 1. The van der Waals surface area contributed by atoms with Crippen molar-refractivity contribution in [1.82, 2.24) is 0 Å². The van der Waals surface area contributed by atoms with Gasteiger partial charge in [-0.2, -0.15) is 5.11 Å². The topological polar surface area (TPSA) is 106 Å². The third-order valence-corrected chi connectivity index (χ3v) is 3.60. The van der Waals surface area contributed by atoms with E-state index in [1.54, 1.807) is 0 Å². The van der Waals surface area contributed by atoms with Gasteiger partial charge in [0.2, 0.25) is 0 Å². The third-order valence-electron chi connectivity index (χ3n) is 3.60. The second-order valence-electron chi connectivity index (χ2n) is 6.44. The minimum atomic E-state index is -1.56. The van der Waals surface area contributed by atoms with E-state index in [1.165, 1.54) is 6.92 Å². The maximum atomic E-state index is 12.5. The van der Waals surface area contributed by atoms with Gasteiger partial charge in [0.25, 0.3) is 0 Å². The molecule has 0 rings (SSSR count). The lowest BCUT2D eigenvalue weighted by molar-refractivity contribution is -0.165. The molecule has 0 aliphatic carbocycles. The van der Waals surface area contributed by atoms with Crippen molar-refractivity contribution in [2.75, 3.05) is 6.61 Å². The summed E-state index contributed by atoms with van der Waals surface area (Å²) in [7, 11) is 0. The molecule has 0 heterocycles. The number of rotatable bonds is 12. The summed E-state index contributed by atoms with van der Waals surface area (Å²) in [6.45, 7) is 8.59. The predicted octanol–water partition coefficient (Wildman–Crippen LogP) is 3.45. The fraction of sp³-hybridized carbons (Fsp3) is 0.824. The van der Waals surface area contributed by atoms with Gasteiger partial charge in [-0.05, 0) is 25.7 Å². The van der Waals surface area contributed by atoms with Crippen LogP contribution >= 0.6 is 0 Å². The van der Waals surface area contributed by atoms with Crippen molar-refractivity contribution in [3.8, 4) is 0 Å². The first kappa shape index (κ1) is 22.2. The minimum Gasteiger partial charge on any atom is -0.462 e. The summed E-state index contributed by atoms with van der Waals surface area (Å²) < 4.78 is 10.4. The molecular weight excluding hydrogens is 312 g/mol. The molecule has 0 aromatic heterocycles. The van der Waals surface area contributed by atoms with Crippen molar-refractivity contribution in [3.05, 3.63) is 0 Å². The van der Waals surface area contributed by atoms with Crippen LogP contribution in [0, 0.1) is 11.4 Å². The van der Waals surface area contributed by atoms with Crippen LogP contribution < -0.4 is 0 Å². The Morgan fingerprint density at radius 2 is 1.62 bits per heavy atom. The molecule has 0 fully saturated rings. The smallest absolute Gasteiger partial charge is 0.306 e. The molecular formula is C17H30N2O5. The number of carbonyl (C=O) groups excluding carboxylic acids is 3. The Morgan fingerprint density at radius 1 is 1.08 bits per heavy atom. The van der Waals surface area contributed by atoms with Gasteiger partial charge in [-0.1, -0.05) is 27.7 Å². The highest BCUT2D eigenvalue weighted by molar-refractivity contribution is 5.89. The van der Waals surface area contributed by atoms with Gasteiger partial charge >= 0.3 is 11.9 Å². The van der Waals surface area contributed by atoms with Gasteiger partial charge in [0.05, 0.1) is 0 Å². The van der Waals surface area contributed by atoms with Crippen LogP contribution in [0.2, 0.25) is 0 Å². The Morgan fingerprint density at radius 3 is 2.08 bits per heavy atom. The van der Waals surface area contributed by atoms with E-state index in [4.69, 9.17) is 15.0 Å². The van der Waals surface area contributed by atoms with Gasteiger partial charge in [0, 0.05) is 19.3 Å². The normalized spacial score (nSPS) is 14.6. The monoisotopic (exact) mass is 342 g/mol. The highest BCUT2D eigenvalue weighted by atomic mass is 16.6. The number of hydrogen-bond acceptors (Lipinski definition) is 7. The van der Waals surface area contributed by atoms with Crippen molar-refractivity contribution >= 4 is 17.7 Å². The quantitative estimate of drug-likeness (QED) is 0.432. The van der Waals surface area contributed by atoms with E-state index in [0.29, 0.717) is 12.8 Å². The molecule has 138 valence electrons. The molecule has 0 saturated carbocycles. The third kappa shape index (κ3) is 7.19. The van der Waals surface area contributed by atoms with Crippen LogP contribution in [0.4, 0.5) is 0 Å². The number of nitrogens with zero attached hydrogens (tertiary/aromatic N) is 1. The Labute approximate surface area is 144 Å². The molecule has 2 atom stereocenters. The summed E-state index contributed by atoms with van der Waals surface area (Å²) in [5, 5.41) is 3.44. The van der Waals surface area contributed by atoms with Crippen LogP contribution in [0.15, 0.2) is 5.11 Å². The Bertz CT molecular complexity index is 450. The standard InChI is InChI=1S/C17H30N2O5/c1-6-8-15(21)23-11-14(24-16(22)9-7-2)17(5,19-18)13(20)10-12(3)4/h12,14,18H,6-11H2,1-5H3. The number of nitrogens with one attached hydrogen (secondary N) is 1. The largest absolute Gasteiger partial charge is 0.462 e. The second kappa shape index (κ2) is 10.9. The van der Waals surface area contributed by atoms with E-state index in [-0.39, 0.29) is 37.6 Å². The van der Waals surface area contributed by atoms with Crippen LogP contribution in [0.25, 0.3) is 0 Å². The van der Waals surface area contributed by atoms with Crippen molar-refractivity contribution < 1.29 is 23.9 Å². The van der Waals surface area contributed by atoms with E-state index < -0.39 is 23.6 Å². The Hall–Kier alpha value is -1.79. The number of hydrogen-bond donors (Lipinski definition) is 1. The molecule has 0 saturated heterocycles. The fourth-order valence-corrected chi connectivity index (χ4v) is 2.07. The maximum Gasteiger partial charge on any atom is 0.306 e. The summed E-state index contributed by atoms with van der Waals surface area (Å²) >= 11 is 0. The Balaban J connectivity index is 5.28. The first-order chi connectivity index (χ1) is 11.2. The van der Waals surface area contributed by atoms with Crippen molar-refractivity contribution in [2.24, 2.45) is 11.0 Å². The lowest BCUT2D eigenvalue weighted by Gasteiger charge is -2.31. The van der Waals surface area contributed by atoms with E-state index in [2.05, 4.69) is 5.11 Å². The number of carbonyl (C=O) groups is 3. The zero-order valence-electron chi connectivity index (χ0n) is 15.4. The van der Waals surface area contributed by atoms with E-state index in [9.17, 15) is 14.4 Å². The number of ether oxygens (including phenoxy) is 2. The van der Waals surface area contributed by atoms with Crippen molar-refractivity contribution in [1.29, 1.82) is 5.53 Å². The summed E-state index contributed by atoms with van der Waals surface area (Å²) in [6, 6.07) is 0. The first-order valence-corrected chi connectivity index (χ1v) is 8.48. The zero-order valence-corrected chi connectivity index (χ0v) is 15.4. The van der Waals surface area contributed by atoms with E-state index in [0.717, 1.165) is 0 Å². The molecule has 0 radical (unpaired) electrons. The molecule has 0 amide bonds. The molecule has 1 N–H and O–H groups in total. The summed E-state index contributed by atoms with van der Waals surface area (Å²) in [4.78, 5) is 36.0. The van der Waals surface area contributed by atoms with Gasteiger partial charge < -0.3 is 9.47 Å². The molecule has 0 aromatic rings. The van der Waals surface area contributed by atoms with Crippen LogP contribution in [0.3, 0.4) is 0 Å². The molecule has 0 aromatic carbocycles. The SMILES string of the molecule is CCCC(=O)OCC(OC(=O)CCC)C(C)(N=N)C(=O)CC(C)C. The molecule has 7 nitrogen and oxygen atoms in total. The first-order valence-electron chi connectivity index (χ1n) is 8.48. The van der Waals surface area contributed by atoms with Crippen LogP contribution in [0.1, 0.15) is 66.7 Å². The molecule has 0 bridgehead atoms. The molecule has 24 heavy (non-hydrogen) atoms. The van der Waals surface area contributed by atoms with Crippen molar-refractivity contribution in [2.45, 2.75) is 78.4 Å². The summed E-state index contributed by atoms with van der Waals surface area (Å²) in [5.41, 5.74) is 5.89. The van der Waals surface area contributed by atoms with Crippen LogP contribution in [-0.2, 0) is 23.9 Å². The average molecular weight is 342 g/mol. The van der Waals surface area contributed by atoms with Gasteiger partial charge in [0.15, 0.2) is 17.4 Å². The lowest BCUT2D eigenvalue weighted by Crippen LogP contribution is -2.50. The van der Waals surface area contributed by atoms with Gasteiger partial charge in [-0.25, -0.2) is 5.53 Å². The van der Waals surface area contributed by atoms with Gasteiger partial charge in [-0.3, -0.25) is 14.4 Å². The summed E-state index contributed by atoms with van der Waals surface area (Å²) in [5.74, 6) is -1.17. The molecule has 0 aliphatic rings. The fourth-order valence-electron chi connectivity index (χ4n) is 2.07. The zero-order chi connectivity index (χ0) is 18.8. The Kier molecular flexibility index (Phi) is 10.1. The lowest BCUT2D eigenvalue weighted by atomic mass is 9.86. The molecule has 0 spiro atoms. The number of ketones is 1. The van der Waals surface area contributed by atoms with Gasteiger partial charge in [0.1, 0.15) is 6.61 Å². The average Bonchev–Trinajstić information content (AvgIpc) is 2.50. The van der Waals surface area contributed by atoms with Crippen LogP contribution in [-0.4, -0.2) is 36.0 Å². The highest BCUT2D eigenvalue weighted by Crippen LogP contribution is 2.25. The second-order valence-corrected chi connectivity index (χ2v) is 6.44. The van der Waals surface area contributed by atoms with Crippen LogP contribution in [0.5, 0.6) is 0 Å². The van der Waals surface area contributed by atoms with E-state index >= 15 is 0 Å².